The van der Waals surface area contributed by atoms with E-state index < -0.39 is 5.97 Å². The third-order valence-corrected chi connectivity index (χ3v) is 4.01. The first kappa shape index (κ1) is 11.9. The summed E-state index contributed by atoms with van der Waals surface area (Å²) in [6.07, 6.45) is 1.58. The van der Waals surface area contributed by atoms with Crippen molar-refractivity contribution in [2.75, 3.05) is 0 Å². The van der Waals surface area contributed by atoms with Crippen molar-refractivity contribution < 1.29 is 9.90 Å². The van der Waals surface area contributed by atoms with Gasteiger partial charge >= 0.3 is 5.97 Å². The molecule has 19 heavy (non-hydrogen) atoms. The summed E-state index contributed by atoms with van der Waals surface area (Å²) in [5.41, 5.74) is 3.37. The standard InChI is InChI=1S/C14H12N2O2S/c1-8-3-5-10(6-4-8)12-9(2)19-14-15-11(13(17)18)7-16(12)14/h3-7H,1-2H3,(H,17,18). The van der Waals surface area contributed by atoms with Crippen LogP contribution >= 0.6 is 11.3 Å². The molecule has 0 aliphatic rings. The molecule has 4 nitrogen and oxygen atoms in total. The van der Waals surface area contributed by atoms with Crippen molar-refractivity contribution in [3.05, 3.63) is 46.6 Å². The molecule has 1 N–H and O–H groups in total. The van der Waals surface area contributed by atoms with Gasteiger partial charge in [0.1, 0.15) is 0 Å². The maximum atomic E-state index is 11.0. The quantitative estimate of drug-likeness (QED) is 0.778. The minimum atomic E-state index is -0.997. The van der Waals surface area contributed by atoms with Crippen molar-refractivity contribution in [2.24, 2.45) is 0 Å². The number of rotatable bonds is 2. The van der Waals surface area contributed by atoms with E-state index in [9.17, 15) is 4.79 Å². The molecule has 0 spiro atoms. The smallest absolute Gasteiger partial charge is 0.356 e. The minimum absolute atomic E-state index is 0.0830. The van der Waals surface area contributed by atoms with Crippen LogP contribution < -0.4 is 0 Å². The molecule has 0 atom stereocenters. The number of thiazole rings is 1. The van der Waals surface area contributed by atoms with Gasteiger partial charge in [-0.05, 0) is 19.4 Å². The van der Waals surface area contributed by atoms with Crippen LogP contribution in [0, 0.1) is 13.8 Å². The number of aromatic carboxylic acids is 1. The number of fused-ring (bicyclic) bond motifs is 1. The Hall–Kier alpha value is -2.14. The van der Waals surface area contributed by atoms with E-state index in [1.807, 2.05) is 42.5 Å². The average Bonchev–Trinajstić information content (AvgIpc) is 2.87. The molecular formula is C14H12N2O2S. The van der Waals surface area contributed by atoms with Crippen LogP contribution in [0.5, 0.6) is 0 Å². The summed E-state index contributed by atoms with van der Waals surface area (Å²) >= 11 is 1.50. The monoisotopic (exact) mass is 272 g/mol. The number of hydrogen-bond donors (Lipinski definition) is 1. The number of carbonyl (C=O) groups is 1. The highest BCUT2D eigenvalue weighted by Gasteiger charge is 2.16. The largest absolute Gasteiger partial charge is 0.476 e. The summed E-state index contributed by atoms with van der Waals surface area (Å²) in [7, 11) is 0. The van der Waals surface area contributed by atoms with E-state index >= 15 is 0 Å². The van der Waals surface area contributed by atoms with Gasteiger partial charge in [-0.15, -0.1) is 11.3 Å². The SMILES string of the molecule is Cc1ccc(-c2c(C)sc3nc(C(=O)O)cn23)cc1. The average molecular weight is 272 g/mol. The number of carboxylic acid groups (broad SMARTS) is 1. The highest BCUT2D eigenvalue weighted by molar-refractivity contribution is 7.17. The molecule has 0 saturated heterocycles. The van der Waals surface area contributed by atoms with Gasteiger partial charge in [-0.25, -0.2) is 9.78 Å². The first-order valence-corrected chi connectivity index (χ1v) is 6.67. The van der Waals surface area contributed by atoms with Gasteiger partial charge in [0.15, 0.2) is 10.7 Å². The molecule has 5 heteroatoms. The first-order chi connectivity index (χ1) is 9.06. The van der Waals surface area contributed by atoms with E-state index in [1.165, 1.54) is 16.9 Å². The number of nitrogens with zero attached hydrogens (tertiary/aromatic N) is 2. The highest BCUT2D eigenvalue weighted by Crippen LogP contribution is 2.31. The molecule has 0 bridgehead atoms. The fourth-order valence-corrected chi connectivity index (χ4v) is 3.08. The highest BCUT2D eigenvalue weighted by atomic mass is 32.1. The van der Waals surface area contributed by atoms with Gasteiger partial charge < -0.3 is 5.11 Å². The molecular weight excluding hydrogens is 260 g/mol. The predicted octanol–water partition coefficient (Wildman–Crippen LogP) is 3.38. The second-order valence-electron chi connectivity index (χ2n) is 4.46. The molecule has 1 aromatic carbocycles. The summed E-state index contributed by atoms with van der Waals surface area (Å²) in [5.74, 6) is -0.997. The van der Waals surface area contributed by atoms with E-state index in [0.717, 1.165) is 16.1 Å². The lowest BCUT2D eigenvalue weighted by Crippen LogP contribution is -1.95. The van der Waals surface area contributed by atoms with E-state index in [2.05, 4.69) is 4.98 Å². The Morgan fingerprint density at radius 1 is 1.26 bits per heavy atom. The molecule has 0 amide bonds. The molecule has 0 radical (unpaired) electrons. The Morgan fingerprint density at radius 3 is 2.58 bits per heavy atom. The predicted molar refractivity (Wildman–Crippen MR) is 74.9 cm³/mol. The van der Waals surface area contributed by atoms with Crippen molar-refractivity contribution in [1.82, 2.24) is 9.38 Å². The molecule has 0 unspecified atom stereocenters. The normalized spacial score (nSPS) is 11.1. The number of aryl methyl sites for hydroxylation is 2. The molecule has 3 rings (SSSR count). The molecule has 96 valence electrons. The summed E-state index contributed by atoms with van der Waals surface area (Å²) in [4.78, 5) is 16.9. The van der Waals surface area contributed by atoms with Crippen molar-refractivity contribution in [2.45, 2.75) is 13.8 Å². The van der Waals surface area contributed by atoms with Crippen molar-refractivity contribution in [3.63, 3.8) is 0 Å². The maximum absolute atomic E-state index is 11.0. The van der Waals surface area contributed by atoms with Gasteiger partial charge in [0, 0.05) is 11.1 Å². The lowest BCUT2D eigenvalue weighted by atomic mass is 10.1. The van der Waals surface area contributed by atoms with Crippen molar-refractivity contribution in [1.29, 1.82) is 0 Å². The number of hydrogen-bond acceptors (Lipinski definition) is 3. The maximum Gasteiger partial charge on any atom is 0.356 e. The van der Waals surface area contributed by atoms with E-state index in [1.54, 1.807) is 6.20 Å². The summed E-state index contributed by atoms with van der Waals surface area (Å²) in [6.45, 7) is 4.06. The zero-order valence-corrected chi connectivity index (χ0v) is 11.4. The second-order valence-corrected chi connectivity index (χ2v) is 5.64. The molecule has 0 fully saturated rings. The number of imidazole rings is 1. The van der Waals surface area contributed by atoms with Crippen LogP contribution in [0.25, 0.3) is 16.2 Å². The topological polar surface area (TPSA) is 54.6 Å². The summed E-state index contributed by atoms with van der Waals surface area (Å²) in [5, 5.41) is 9.00. The zero-order chi connectivity index (χ0) is 13.6. The van der Waals surface area contributed by atoms with Crippen LogP contribution in [0.1, 0.15) is 20.9 Å². The fraction of sp³-hybridized carbons (Fsp3) is 0.143. The Morgan fingerprint density at radius 2 is 1.95 bits per heavy atom. The third kappa shape index (κ3) is 1.92. The van der Waals surface area contributed by atoms with Crippen LogP contribution in [0.15, 0.2) is 30.5 Å². The molecule has 0 aliphatic heterocycles. The molecule has 2 aromatic heterocycles. The van der Waals surface area contributed by atoms with Crippen molar-refractivity contribution >= 4 is 22.3 Å². The Bertz CT molecular complexity index is 769. The van der Waals surface area contributed by atoms with Crippen LogP contribution in [-0.4, -0.2) is 20.5 Å². The minimum Gasteiger partial charge on any atom is -0.476 e. The van der Waals surface area contributed by atoms with Gasteiger partial charge in [-0.3, -0.25) is 4.40 Å². The van der Waals surface area contributed by atoms with Gasteiger partial charge in [0.05, 0.1) is 5.69 Å². The van der Waals surface area contributed by atoms with E-state index in [4.69, 9.17) is 5.11 Å². The molecule has 0 saturated carbocycles. The molecule has 0 aliphatic carbocycles. The second kappa shape index (κ2) is 4.20. The Labute approximate surface area is 114 Å². The van der Waals surface area contributed by atoms with Gasteiger partial charge in [-0.1, -0.05) is 29.8 Å². The Balaban J connectivity index is 2.24. The van der Waals surface area contributed by atoms with Crippen LogP contribution in [-0.2, 0) is 0 Å². The van der Waals surface area contributed by atoms with Crippen molar-refractivity contribution in [3.8, 4) is 11.3 Å². The van der Waals surface area contributed by atoms with E-state index in [-0.39, 0.29) is 5.69 Å². The zero-order valence-electron chi connectivity index (χ0n) is 10.5. The van der Waals surface area contributed by atoms with Gasteiger partial charge in [-0.2, -0.15) is 0 Å². The van der Waals surface area contributed by atoms with Crippen LogP contribution in [0.2, 0.25) is 0 Å². The summed E-state index contributed by atoms with van der Waals surface area (Å²) in [6, 6.07) is 8.19. The lowest BCUT2D eigenvalue weighted by Gasteiger charge is -2.02. The van der Waals surface area contributed by atoms with Gasteiger partial charge in [0.25, 0.3) is 0 Å². The number of carboxylic acids is 1. The number of aromatic nitrogens is 2. The third-order valence-electron chi connectivity index (χ3n) is 3.04. The van der Waals surface area contributed by atoms with E-state index in [0.29, 0.717) is 4.96 Å². The van der Waals surface area contributed by atoms with Crippen LogP contribution in [0.4, 0.5) is 0 Å². The first-order valence-electron chi connectivity index (χ1n) is 5.85. The summed E-state index contributed by atoms with van der Waals surface area (Å²) < 4.78 is 1.86. The Kier molecular flexibility index (Phi) is 2.64. The lowest BCUT2D eigenvalue weighted by molar-refractivity contribution is 0.0691. The fourth-order valence-electron chi connectivity index (χ4n) is 2.11. The van der Waals surface area contributed by atoms with Gasteiger partial charge in [0.2, 0.25) is 0 Å². The molecule has 2 heterocycles. The number of benzene rings is 1. The van der Waals surface area contributed by atoms with Crippen LogP contribution in [0.3, 0.4) is 0 Å². The molecule has 3 aromatic rings.